The maximum atomic E-state index is 12.0. The van der Waals surface area contributed by atoms with Crippen LogP contribution in [0.4, 0.5) is 4.79 Å². The zero-order valence-corrected chi connectivity index (χ0v) is 15.8. The van der Waals surface area contributed by atoms with Gasteiger partial charge in [-0.15, -0.1) is 0 Å². The van der Waals surface area contributed by atoms with Crippen molar-refractivity contribution in [2.75, 3.05) is 19.6 Å². The lowest BCUT2D eigenvalue weighted by atomic mass is 10.1. The number of primary sulfonamides is 1. The zero-order valence-electron chi connectivity index (χ0n) is 15.0. The maximum absolute atomic E-state index is 12.0. The van der Waals surface area contributed by atoms with Crippen molar-refractivity contribution in [3.63, 3.8) is 0 Å². The first-order valence-corrected chi connectivity index (χ1v) is 9.92. The van der Waals surface area contributed by atoms with Crippen LogP contribution >= 0.6 is 0 Å². The lowest BCUT2D eigenvalue weighted by molar-refractivity contribution is 0.0291. The van der Waals surface area contributed by atoms with Crippen molar-refractivity contribution in [1.29, 1.82) is 0 Å². The van der Waals surface area contributed by atoms with Crippen LogP contribution in [0.2, 0.25) is 0 Å². The summed E-state index contributed by atoms with van der Waals surface area (Å²) in [5.74, 6) is 0. The summed E-state index contributed by atoms with van der Waals surface area (Å²) in [6.45, 7) is 7.66. The van der Waals surface area contributed by atoms with Crippen LogP contribution in [-0.2, 0) is 21.2 Å². The molecule has 140 valence electrons. The second-order valence-electron chi connectivity index (χ2n) is 7.31. The third-order valence-electron chi connectivity index (χ3n) is 3.94. The Labute approximate surface area is 149 Å². The molecule has 1 saturated heterocycles. The molecule has 1 fully saturated rings. The second-order valence-corrected chi connectivity index (χ2v) is 8.87. The molecule has 0 radical (unpaired) electrons. The molecule has 7 nitrogen and oxygen atoms in total. The fraction of sp³-hybridized carbons (Fsp3) is 0.588. The van der Waals surface area contributed by atoms with E-state index < -0.39 is 15.6 Å². The van der Waals surface area contributed by atoms with E-state index in [4.69, 9.17) is 9.88 Å². The number of nitrogens with one attached hydrogen (secondary N) is 1. The Morgan fingerprint density at radius 1 is 1.32 bits per heavy atom. The van der Waals surface area contributed by atoms with Gasteiger partial charge in [-0.25, -0.2) is 18.4 Å². The van der Waals surface area contributed by atoms with Crippen LogP contribution in [0.5, 0.6) is 0 Å². The Morgan fingerprint density at radius 3 is 2.52 bits per heavy atom. The maximum Gasteiger partial charge on any atom is 0.410 e. The summed E-state index contributed by atoms with van der Waals surface area (Å²) in [6.07, 6.45) is 1.40. The molecule has 2 rings (SSSR count). The number of ether oxygens (including phenoxy) is 1. The number of rotatable bonds is 5. The van der Waals surface area contributed by atoms with Gasteiger partial charge in [-0.3, -0.25) is 0 Å². The molecule has 1 aliphatic heterocycles. The molecule has 1 amide bonds. The summed E-state index contributed by atoms with van der Waals surface area (Å²) in [5.41, 5.74) is 0.549. The molecule has 1 aliphatic rings. The SMILES string of the molecule is CC(C)(C)OC(=O)N1CCC(NCCc2ccc(S(N)(=O)=O)cc2)C1. The van der Waals surface area contributed by atoms with Crippen LogP contribution < -0.4 is 10.5 Å². The molecule has 0 aromatic heterocycles. The Balaban J connectivity index is 1.75. The molecular formula is C17H27N3O4S. The molecule has 8 heteroatoms. The fourth-order valence-corrected chi connectivity index (χ4v) is 3.20. The van der Waals surface area contributed by atoms with Gasteiger partial charge in [-0.05, 0) is 57.9 Å². The van der Waals surface area contributed by atoms with Gasteiger partial charge in [-0.1, -0.05) is 12.1 Å². The van der Waals surface area contributed by atoms with E-state index in [0.29, 0.717) is 13.1 Å². The van der Waals surface area contributed by atoms with Crippen LogP contribution in [0, 0.1) is 0 Å². The molecule has 1 heterocycles. The molecule has 25 heavy (non-hydrogen) atoms. The van der Waals surface area contributed by atoms with E-state index in [-0.39, 0.29) is 17.0 Å². The number of hydrogen-bond acceptors (Lipinski definition) is 5. The summed E-state index contributed by atoms with van der Waals surface area (Å²) in [4.78, 5) is 13.9. The summed E-state index contributed by atoms with van der Waals surface area (Å²) in [5, 5.41) is 8.51. The first-order valence-electron chi connectivity index (χ1n) is 8.38. The van der Waals surface area contributed by atoms with Crippen molar-refractivity contribution >= 4 is 16.1 Å². The predicted molar refractivity (Wildman–Crippen MR) is 95.7 cm³/mol. The zero-order chi connectivity index (χ0) is 18.7. The van der Waals surface area contributed by atoms with Crippen molar-refractivity contribution in [1.82, 2.24) is 10.2 Å². The first-order chi connectivity index (χ1) is 11.5. The van der Waals surface area contributed by atoms with E-state index in [2.05, 4.69) is 5.32 Å². The Kier molecular flexibility index (Phi) is 6.08. The van der Waals surface area contributed by atoms with Crippen LogP contribution in [0.3, 0.4) is 0 Å². The third kappa shape index (κ3) is 6.30. The number of nitrogens with two attached hydrogens (primary N) is 1. The largest absolute Gasteiger partial charge is 0.444 e. The normalized spacial score (nSPS) is 18.4. The minimum Gasteiger partial charge on any atom is -0.444 e. The molecule has 0 saturated carbocycles. The van der Waals surface area contributed by atoms with Crippen LogP contribution in [0.15, 0.2) is 29.2 Å². The molecule has 3 N–H and O–H groups in total. The highest BCUT2D eigenvalue weighted by molar-refractivity contribution is 7.89. The number of benzene rings is 1. The Bertz CT molecular complexity index is 696. The van der Waals surface area contributed by atoms with Crippen molar-refractivity contribution in [3.8, 4) is 0 Å². The number of carbonyl (C=O) groups is 1. The third-order valence-corrected chi connectivity index (χ3v) is 4.87. The Hall–Kier alpha value is -1.64. The summed E-state index contributed by atoms with van der Waals surface area (Å²) < 4.78 is 27.8. The topological polar surface area (TPSA) is 102 Å². The summed E-state index contributed by atoms with van der Waals surface area (Å²) in [7, 11) is -3.65. The first kappa shape index (κ1) is 19.7. The minimum absolute atomic E-state index is 0.119. The fourth-order valence-electron chi connectivity index (χ4n) is 2.69. The Morgan fingerprint density at radius 2 is 1.96 bits per heavy atom. The minimum atomic E-state index is -3.65. The molecule has 0 aliphatic carbocycles. The summed E-state index contributed by atoms with van der Waals surface area (Å²) >= 11 is 0. The van der Waals surface area contributed by atoms with Gasteiger partial charge in [0.1, 0.15) is 5.60 Å². The highest BCUT2D eigenvalue weighted by atomic mass is 32.2. The highest BCUT2D eigenvalue weighted by Gasteiger charge is 2.29. The van der Waals surface area contributed by atoms with Gasteiger partial charge in [0.25, 0.3) is 0 Å². The van der Waals surface area contributed by atoms with E-state index in [0.717, 1.165) is 24.9 Å². The van der Waals surface area contributed by atoms with Gasteiger partial charge in [0.15, 0.2) is 0 Å². The van der Waals surface area contributed by atoms with E-state index in [9.17, 15) is 13.2 Å². The molecule has 1 aromatic carbocycles. The highest BCUT2D eigenvalue weighted by Crippen LogP contribution is 2.15. The van der Waals surface area contributed by atoms with Gasteiger partial charge in [0.2, 0.25) is 10.0 Å². The van der Waals surface area contributed by atoms with E-state index in [1.165, 1.54) is 12.1 Å². The van der Waals surface area contributed by atoms with Crippen LogP contribution in [0.1, 0.15) is 32.8 Å². The van der Waals surface area contributed by atoms with Gasteiger partial charge >= 0.3 is 6.09 Å². The number of nitrogens with zero attached hydrogens (tertiary/aromatic N) is 1. The lowest BCUT2D eigenvalue weighted by Gasteiger charge is -2.24. The van der Waals surface area contributed by atoms with Gasteiger partial charge < -0.3 is 15.0 Å². The van der Waals surface area contributed by atoms with Crippen LogP contribution in [-0.4, -0.2) is 50.7 Å². The number of carbonyl (C=O) groups excluding carboxylic acids is 1. The van der Waals surface area contributed by atoms with E-state index in [1.807, 2.05) is 20.8 Å². The van der Waals surface area contributed by atoms with E-state index in [1.54, 1.807) is 17.0 Å². The summed E-state index contributed by atoms with van der Waals surface area (Å²) in [6, 6.07) is 6.82. The molecule has 1 atom stereocenters. The number of hydrogen-bond donors (Lipinski definition) is 2. The average molecular weight is 369 g/mol. The quantitative estimate of drug-likeness (QED) is 0.818. The number of likely N-dealkylation sites (tertiary alicyclic amines) is 1. The molecule has 0 bridgehead atoms. The monoisotopic (exact) mass is 369 g/mol. The smallest absolute Gasteiger partial charge is 0.410 e. The van der Waals surface area contributed by atoms with Crippen molar-refractivity contribution in [2.24, 2.45) is 5.14 Å². The van der Waals surface area contributed by atoms with Crippen molar-refractivity contribution in [3.05, 3.63) is 29.8 Å². The van der Waals surface area contributed by atoms with Gasteiger partial charge in [0, 0.05) is 19.1 Å². The van der Waals surface area contributed by atoms with Gasteiger partial charge in [0.05, 0.1) is 4.90 Å². The lowest BCUT2D eigenvalue weighted by Crippen LogP contribution is -2.38. The predicted octanol–water partition coefficient (Wildman–Crippen LogP) is 1.48. The van der Waals surface area contributed by atoms with E-state index >= 15 is 0 Å². The molecule has 1 unspecified atom stereocenters. The molecule has 1 aromatic rings. The second kappa shape index (κ2) is 7.72. The molecule has 0 spiro atoms. The van der Waals surface area contributed by atoms with Crippen molar-refractivity contribution < 1.29 is 17.9 Å². The number of amides is 1. The van der Waals surface area contributed by atoms with Crippen molar-refractivity contribution in [2.45, 2.75) is 50.2 Å². The molecular weight excluding hydrogens is 342 g/mol. The average Bonchev–Trinajstić information content (AvgIpc) is 2.94. The standard InChI is InChI=1S/C17H27N3O4S/c1-17(2,3)24-16(21)20-11-9-14(12-20)19-10-8-13-4-6-15(7-5-13)25(18,22)23/h4-7,14,19H,8-12H2,1-3H3,(H2,18,22,23). The van der Waals surface area contributed by atoms with Gasteiger partial charge in [-0.2, -0.15) is 0 Å². The number of sulfonamides is 1. The van der Waals surface area contributed by atoms with Crippen LogP contribution in [0.25, 0.3) is 0 Å².